The quantitative estimate of drug-likeness (QED) is 0.857. The standard InChI is InChI=1S/C14H16N2OS/c18-14-15-9-13(11-5-2-1-3-6-11)16(14)10-12-7-4-8-17-12/h1-3,5-6,9,12H,4,7-8,10H2,(H,15,18)/t12-/m0/s1. The van der Waals surface area contributed by atoms with Gasteiger partial charge in [0.15, 0.2) is 4.77 Å². The molecule has 1 N–H and O–H groups in total. The van der Waals surface area contributed by atoms with Gasteiger partial charge in [-0.25, -0.2) is 0 Å². The molecule has 0 unspecified atom stereocenters. The van der Waals surface area contributed by atoms with Gasteiger partial charge >= 0.3 is 0 Å². The normalized spacial score (nSPS) is 19.2. The molecule has 1 atom stereocenters. The topological polar surface area (TPSA) is 29.9 Å². The molecule has 1 fully saturated rings. The van der Waals surface area contributed by atoms with Crippen LogP contribution in [-0.4, -0.2) is 22.3 Å². The average molecular weight is 260 g/mol. The molecule has 3 nitrogen and oxygen atoms in total. The van der Waals surface area contributed by atoms with Crippen LogP contribution in [0.3, 0.4) is 0 Å². The number of ether oxygens (including phenoxy) is 1. The zero-order valence-corrected chi connectivity index (χ0v) is 11.0. The molecule has 1 aliphatic heterocycles. The Bertz CT molecular complexity index is 567. The second kappa shape index (κ2) is 5.08. The summed E-state index contributed by atoms with van der Waals surface area (Å²) in [6.07, 6.45) is 4.56. The first-order valence-corrected chi connectivity index (χ1v) is 6.70. The van der Waals surface area contributed by atoms with Gasteiger partial charge in [0.1, 0.15) is 0 Å². The Labute approximate surface area is 111 Å². The molecule has 2 aromatic rings. The number of imidazole rings is 1. The zero-order chi connectivity index (χ0) is 12.4. The zero-order valence-electron chi connectivity index (χ0n) is 10.1. The Kier molecular flexibility index (Phi) is 3.30. The summed E-state index contributed by atoms with van der Waals surface area (Å²) >= 11 is 5.36. The molecule has 3 rings (SSSR count). The Morgan fingerprint density at radius 3 is 2.89 bits per heavy atom. The van der Waals surface area contributed by atoms with E-state index in [9.17, 15) is 0 Å². The third-order valence-corrected chi connectivity index (χ3v) is 3.69. The highest BCUT2D eigenvalue weighted by atomic mass is 32.1. The molecular formula is C14H16N2OS. The maximum Gasteiger partial charge on any atom is 0.177 e. The van der Waals surface area contributed by atoms with Gasteiger partial charge in [-0.15, -0.1) is 0 Å². The van der Waals surface area contributed by atoms with E-state index in [2.05, 4.69) is 21.7 Å². The van der Waals surface area contributed by atoms with E-state index >= 15 is 0 Å². The molecule has 1 aromatic carbocycles. The number of H-pyrrole nitrogens is 1. The molecule has 18 heavy (non-hydrogen) atoms. The fourth-order valence-electron chi connectivity index (χ4n) is 2.42. The van der Waals surface area contributed by atoms with Crippen LogP contribution in [0.4, 0.5) is 0 Å². The highest BCUT2D eigenvalue weighted by Gasteiger charge is 2.18. The van der Waals surface area contributed by atoms with Crippen LogP contribution >= 0.6 is 12.2 Å². The van der Waals surface area contributed by atoms with Crippen LogP contribution in [0.2, 0.25) is 0 Å². The van der Waals surface area contributed by atoms with Crippen LogP contribution in [0.15, 0.2) is 36.5 Å². The molecule has 0 amide bonds. The van der Waals surface area contributed by atoms with Crippen molar-refractivity contribution >= 4 is 12.2 Å². The van der Waals surface area contributed by atoms with E-state index in [-0.39, 0.29) is 0 Å². The van der Waals surface area contributed by atoms with Crippen LogP contribution in [-0.2, 0) is 11.3 Å². The van der Waals surface area contributed by atoms with Gasteiger partial charge in [0.25, 0.3) is 0 Å². The Balaban J connectivity index is 1.93. The molecule has 0 radical (unpaired) electrons. The van der Waals surface area contributed by atoms with Crippen LogP contribution in [0.5, 0.6) is 0 Å². The lowest BCUT2D eigenvalue weighted by molar-refractivity contribution is 0.0970. The molecule has 1 aromatic heterocycles. The smallest absolute Gasteiger partial charge is 0.177 e. The highest BCUT2D eigenvalue weighted by Crippen LogP contribution is 2.22. The Morgan fingerprint density at radius 2 is 2.17 bits per heavy atom. The van der Waals surface area contributed by atoms with Gasteiger partial charge in [-0.05, 0) is 30.6 Å². The second-order valence-corrected chi connectivity index (χ2v) is 4.98. The third-order valence-electron chi connectivity index (χ3n) is 3.35. The van der Waals surface area contributed by atoms with E-state index in [1.165, 1.54) is 5.56 Å². The maximum absolute atomic E-state index is 5.69. The first-order valence-electron chi connectivity index (χ1n) is 6.30. The minimum atomic E-state index is 0.301. The van der Waals surface area contributed by atoms with Crippen molar-refractivity contribution < 1.29 is 4.74 Å². The maximum atomic E-state index is 5.69. The molecule has 0 bridgehead atoms. The summed E-state index contributed by atoms with van der Waals surface area (Å²) in [5, 5.41) is 0. The van der Waals surface area contributed by atoms with Crippen LogP contribution in [0, 0.1) is 4.77 Å². The number of nitrogens with one attached hydrogen (secondary N) is 1. The van der Waals surface area contributed by atoms with Crippen molar-refractivity contribution in [1.29, 1.82) is 0 Å². The van der Waals surface area contributed by atoms with Crippen LogP contribution < -0.4 is 0 Å². The fraction of sp³-hybridized carbons (Fsp3) is 0.357. The molecule has 0 saturated carbocycles. The van der Waals surface area contributed by atoms with Crippen LogP contribution in [0.25, 0.3) is 11.3 Å². The molecular weight excluding hydrogens is 244 g/mol. The number of hydrogen-bond donors (Lipinski definition) is 1. The van der Waals surface area contributed by atoms with E-state index in [0.29, 0.717) is 6.10 Å². The third kappa shape index (κ3) is 2.26. The summed E-state index contributed by atoms with van der Waals surface area (Å²) in [6.45, 7) is 1.72. The van der Waals surface area contributed by atoms with Crippen molar-refractivity contribution in [3.05, 3.63) is 41.3 Å². The van der Waals surface area contributed by atoms with Gasteiger partial charge in [0.05, 0.1) is 18.3 Å². The molecule has 4 heteroatoms. The summed E-state index contributed by atoms with van der Waals surface area (Å²) in [7, 11) is 0. The number of hydrogen-bond acceptors (Lipinski definition) is 2. The van der Waals surface area contributed by atoms with Crippen molar-refractivity contribution in [3.63, 3.8) is 0 Å². The monoisotopic (exact) mass is 260 g/mol. The number of benzene rings is 1. The summed E-state index contributed by atoms with van der Waals surface area (Å²) in [6, 6.07) is 10.3. The summed E-state index contributed by atoms with van der Waals surface area (Å²) in [5.41, 5.74) is 2.32. The van der Waals surface area contributed by atoms with Crippen molar-refractivity contribution in [2.24, 2.45) is 0 Å². The van der Waals surface area contributed by atoms with Gasteiger partial charge in [-0.3, -0.25) is 0 Å². The number of aromatic nitrogens is 2. The van der Waals surface area contributed by atoms with Crippen molar-refractivity contribution in [1.82, 2.24) is 9.55 Å². The lowest BCUT2D eigenvalue weighted by Crippen LogP contribution is -2.15. The molecule has 1 saturated heterocycles. The van der Waals surface area contributed by atoms with Crippen molar-refractivity contribution in [2.75, 3.05) is 6.61 Å². The second-order valence-electron chi connectivity index (χ2n) is 4.59. The van der Waals surface area contributed by atoms with Gasteiger partial charge in [0.2, 0.25) is 0 Å². The average Bonchev–Trinajstić information content (AvgIpc) is 3.03. The van der Waals surface area contributed by atoms with Crippen LogP contribution in [0.1, 0.15) is 12.8 Å². The van der Waals surface area contributed by atoms with Crippen molar-refractivity contribution in [3.8, 4) is 11.3 Å². The van der Waals surface area contributed by atoms with E-state index in [4.69, 9.17) is 17.0 Å². The largest absolute Gasteiger partial charge is 0.376 e. The Hall–Kier alpha value is -1.39. The first kappa shape index (κ1) is 11.7. The highest BCUT2D eigenvalue weighted by molar-refractivity contribution is 7.71. The predicted octanol–water partition coefficient (Wildman–Crippen LogP) is 3.39. The summed E-state index contributed by atoms with van der Waals surface area (Å²) in [5.74, 6) is 0. The van der Waals surface area contributed by atoms with Gasteiger partial charge in [0, 0.05) is 12.8 Å². The molecule has 94 valence electrons. The fourth-order valence-corrected chi connectivity index (χ4v) is 2.65. The first-order chi connectivity index (χ1) is 8.84. The number of rotatable bonds is 3. The molecule has 0 aliphatic carbocycles. The minimum absolute atomic E-state index is 0.301. The van der Waals surface area contributed by atoms with E-state index in [1.807, 2.05) is 24.4 Å². The number of nitrogens with zero attached hydrogens (tertiary/aromatic N) is 1. The van der Waals surface area contributed by atoms with E-state index in [1.54, 1.807) is 0 Å². The molecule has 1 aliphatic rings. The van der Waals surface area contributed by atoms with Gasteiger partial charge in [-0.1, -0.05) is 30.3 Å². The molecule has 0 spiro atoms. The SMILES string of the molecule is S=c1[nH]cc(-c2ccccc2)n1C[C@@H]1CCCO1. The minimum Gasteiger partial charge on any atom is -0.376 e. The van der Waals surface area contributed by atoms with E-state index in [0.717, 1.165) is 36.5 Å². The van der Waals surface area contributed by atoms with Gasteiger partial charge in [-0.2, -0.15) is 0 Å². The summed E-state index contributed by atoms with van der Waals surface area (Å²) in [4.78, 5) is 3.13. The van der Waals surface area contributed by atoms with Crippen molar-refractivity contribution in [2.45, 2.75) is 25.5 Å². The Morgan fingerprint density at radius 1 is 1.33 bits per heavy atom. The lowest BCUT2D eigenvalue weighted by Gasteiger charge is -2.13. The molecule has 2 heterocycles. The lowest BCUT2D eigenvalue weighted by atomic mass is 10.1. The van der Waals surface area contributed by atoms with Gasteiger partial charge < -0.3 is 14.3 Å². The van der Waals surface area contributed by atoms with E-state index < -0.39 is 0 Å². The summed E-state index contributed by atoms with van der Waals surface area (Å²) < 4.78 is 8.60. The number of aromatic amines is 1. The predicted molar refractivity (Wildman–Crippen MR) is 74.0 cm³/mol.